The number of benzene rings is 1. The maximum Gasteiger partial charge on any atom is 0.142 e. The van der Waals surface area contributed by atoms with Crippen LogP contribution in [-0.4, -0.2) is 24.5 Å². The van der Waals surface area contributed by atoms with Gasteiger partial charge in [0.2, 0.25) is 0 Å². The largest absolute Gasteiger partial charge is 0.383 e. The summed E-state index contributed by atoms with van der Waals surface area (Å²) in [6, 6.07) is 10.4. The van der Waals surface area contributed by atoms with E-state index in [0.717, 1.165) is 30.1 Å². The number of nitrogens with zero attached hydrogens (tertiary/aromatic N) is 2. The highest BCUT2D eigenvalue weighted by atomic mass is 32.1. The fourth-order valence-corrected chi connectivity index (χ4v) is 2.58. The first-order chi connectivity index (χ1) is 9.18. The van der Waals surface area contributed by atoms with E-state index in [1.165, 1.54) is 17.2 Å². The van der Waals surface area contributed by atoms with Crippen LogP contribution in [-0.2, 0) is 0 Å². The first-order valence-corrected chi connectivity index (χ1v) is 7.17. The van der Waals surface area contributed by atoms with E-state index in [4.69, 9.17) is 5.73 Å². The van der Waals surface area contributed by atoms with Crippen molar-refractivity contribution in [3.63, 3.8) is 0 Å². The van der Waals surface area contributed by atoms with Gasteiger partial charge in [-0.3, -0.25) is 0 Å². The Morgan fingerprint density at radius 2 is 2.05 bits per heavy atom. The molecule has 0 radical (unpaired) electrons. The third-order valence-electron chi connectivity index (χ3n) is 3.11. The third-order valence-corrected chi connectivity index (χ3v) is 4.03. The van der Waals surface area contributed by atoms with Gasteiger partial charge in [-0.1, -0.05) is 18.2 Å². The van der Waals surface area contributed by atoms with Gasteiger partial charge in [0.05, 0.1) is 0 Å². The Morgan fingerprint density at radius 1 is 1.32 bits per heavy atom. The van der Waals surface area contributed by atoms with Crippen molar-refractivity contribution in [2.45, 2.75) is 13.3 Å². The van der Waals surface area contributed by atoms with Crippen molar-refractivity contribution in [1.29, 1.82) is 0 Å². The number of rotatable bonds is 6. The van der Waals surface area contributed by atoms with Crippen LogP contribution in [0.1, 0.15) is 12.0 Å². The van der Waals surface area contributed by atoms with E-state index in [0.29, 0.717) is 5.82 Å². The lowest BCUT2D eigenvalue weighted by Crippen LogP contribution is -2.20. The molecule has 0 atom stereocenters. The Labute approximate surface area is 118 Å². The molecular weight excluding hydrogens is 256 g/mol. The minimum atomic E-state index is 0.633. The van der Waals surface area contributed by atoms with Crippen LogP contribution in [0.25, 0.3) is 0 Å². The summed E-state index contributed by atoms with van der Waals surface area (Å²) >= 11 is 1.43. The summed E-state index contributed by atoms with van der Waals surface area (Å²) in [5.74, 6) is 0.633. The average molecular weight is 276 g/mol. The summed E-state index contributed by atoms with van der Waals surface area (Å²) in [5, 5.41) is 4.47. The number of para-hydroxylation sites is 1. The summed E-state index contributed by atoms with van der Waals surface area (Å²) in [5.41, 5.74) is 8.03. The van der Waals surface area contributed by atoms with Crippen LogP contribution < -0.4 is 16.0 Å². The molecule has 1 aromatic carbocycles. The number of nitrogens with one attached hydrogen (secondary N) is 1. The van der Waals surface area contributed by atoms with Crippen LogP contribution in [0.2, 0.25) is 0 Å². The fraction of sp³-hybridized carbons (Fsp3) is 0.357. The van der Waals surface area contributed by atoms with Crippen molar-refractivity contribution in [2.75, 3.05) is 36.1 Å². The van der Waals surface area contributed by atoms with E-state index in [-0.39, 0.29) is 0 Å². The molecular formula is C14H20N4S. The minimum Gasteiger partial charge on any atom is -0.383 e. The molecule has 0 aliphatic heterocycles. The highest BCUT2D eigenvalue weighted by molar-refractivity contribution is 7.10. The summed E-state index contributed by atoms with van der Waals surface area (Å²) in [4.78, 5) is 2.26. The molecule has 2 rings (SSSR count). The molecule has 0 fully saturated rings. The van der Waals surface area contributed by atoms with Crippen LogP contribution in [0.4, 0.5) is 16.5 Å². The summed E-state index contributed by atoms with van der Waals surface area (Å²) in [7, 11) is 2.12. The van der Waals surface area contributed by atoms with Crippen LogP contribution >= 0.6 is 11.5 Å². The fourth-order valence-electron chi connectivity index (χ4n) is 1.84. The molecule has 3 N–H and O–H groups in total. The quantitative estimate of drug-likeness (QED) is 0.796. The average Bonchev–Trinajstić information content (AvgIpc) is 2.76. The van der Waals surface area contributed by atoms with E-state index in [9.17, 15) is 0 Å². The molecule has 0 unspecified atom stereocenters. The summed E-state index contributed by atoms with van der Waals surface area (Å²) in [6.45, 7) is 3.95. The number of hydrogen-bond donors (Lipinski definition) is 2. The maximum absolute atomic E-state index is 5.72. The molecule has 0 amide bonds. The molecule has 5 heteroatoms. The lowest BCUT2D eigenvalue weighted by atomic mass is 10.3. The third kappa shape index (κ3) is 3.61. The molecule has 0 bridgehead atoms. The molecule has 0 saturated heterocycles. The zero-order valence-electron chi connectivity index (χ0n) is 11.4. The predicted molar refractivity (Wildman–Crippen MR) is 84.1 cm³/mol. The molecule has 0 saturated carbocycles. The van der Waals surface area contributed by atoms with Gasteiger partial charge in [0.25, 0.3) is 0 Å². The molecule has 0 aliphatic carbocycles. The second kappa shape index (κ2) is 6.43. The molecule has 4 nitrogen and oxygen atoms in total. The van der Waals surface area contributed by atoms with Crippen molar-refractivity contribution >= 4 is 28.0 Å². The van der Waals surface area contributed by atoms with Gasteiger partial charge in [-0.15, -0.1) is 0 Å². The van der Waals surface area contributed by atoms with E-state index in [1.54, 1.807) is 0 Å². The lowest BCUT2D eigenvalue weighted by Gasteiger charge is -2.19. The van der Waals surface area contributed by atoms with Gasteiger partial charge >= 0.3 is 0 Å². The minimum absolute atomic E-state index is 0.633. The standard InChI is InChI=1S/C14H20N4S/c1-11-13(15)17-19-14(11)16-9-6-10-18(2)12-7-4-3-5-8-12/h3-5,7-8,16H,6,9-10H2,1-2H3,(H2,15,17). The molecule has 102 valence electrons. The van der Waals surface area contributed by atoms with E-state index >= 15 is 0 Å². The molecule has 2 aromatic rings. The monoisotopic (exact) mass is 276 g/mol. The number of hydrogen-bond acceptors (Lipinski definition) is 5. The van der Waals surface area contributed by atoms with Gasteiger partial charge in [0, 0.05) is 31.4 Å². The van der Waals surface area contributed by atoms with E-state index in [1.807, 2.05) is 13.0 Å². The van der Waals surface area contributed by atoms with Gasteiger partial charge in [-0.2, -0.15) is 4.37 Å². The molecule has 1 heterocycles. The van der Waals surface area contributed by atoms with E-state index < -0.39 is 0 Å². The molecule has 19 heavy (non-hydrogen) atoms. The zero-order valence-corrected chi connectivity index (χ0v) is 12.2. The van der Waals surface area contributed by atoms with Gasteiger partial charge < -0.3 is 16.0 Å². The summed E-state index contributed by atoms with van der Waals surface area (Å²) in [6.07, 6.45) is 1.07. The number of nitrogen functional groups attached to an aromatic ring is 1. The van der Waals surface area contributed by atoms with E-state index in [2.05, 4.69) is 45.9 Å². The Kier molecular flexibility index (Phi) is 4.63. The highest BCUT2D eigenvalue weighted by Crippen LogP contribution is 2.25. The SMILES string of the molecule is Cc1c(N)nsc1NCCCN(C)c1ccccc1. The number of anilines is 3. The van der Waals surface area contributed by atoms with Crippen molar-refractivity contribution in [2.24, 2.45) is 0 Å². The van der Waals surface area contributed by atoms with Crippen LogP contribution in [0, 0.1) is 6.92 Å². The van der Waals surface area contributed by atoms with Gasteiger partial charge in [-0.25, -0.2) is 0 Å². The Hall–Kier alpha value is -1.75. The highest BCUT2D eigenvalue weighted by Gasteiger charge is 2.05. The Morgan fingerprint density at radius 3 is 2.68 bits per heavy atom. The molecule has 0 spiro atoms. The van der Waals surface area contributed by atoms with Crippen LogP contribution in [0.3, 0.4) is 0 Å². The van der Waals surface area contributed by atoms with Gasteiger partial charge in [-0.05, 0) is 37.0 Å². The van der Waals surface area contributed by atoms with Crippen LogP contribution in [0.15, 0.2) is 30.3 Å². The first kappa shape index (κ1) is 13.7. The second-order valence-corrected chi connectivity index (χ2v) is 5.33. The first-order valence-electron chi connectivity index (χ1n) is 6.40. The second-order valence-electron chi connectivity index (χ2n) is 4.56. The topological polar surface area (TPSA) is 54.2 Å². The molecule has 0 aliphatic rings. The maximum atomic E-state index is 5.72. The van der Waals surface area contributed by atoms with Gasteiger partial charge in [0.15, 0.2) is 0 Å². The summed E-state index contributed by atoms with van der Waals surface area (Å²) < 4.78 is 4.12. The van der Waals surface area contributed by atoms with Crippen molar-refractivity contribution < 1.29 is 0 Å². The number of aromatic nitrogens is 1. The van der Waals surface area contributed by atoms with Crippen molar-refractivity contribution in [3.05, 3.63) is 35.9 Å². The number of nitrogens with two attached hydrogens (primary N) is 1. The van der Waals surface area contributed by atoms with Crippen molar-refractivity contribution in [1.82, 2.24) is 4.37 Å². The Bertz CT molecular complexity index is 509. The van der Waals surface area contributed by atoms with Crippen molar-refractivity contribution in [3.8, 4) is 0 Å². The molecule has 1 aromatic heterocycles. The van der Waals surface area contributed by atoms with Crippen LogP contribution in [0.5, 0.6) is 0 Å². The smallest absolute Gasteiger partial charge is 0.142 e. The Balaban J connectivity index is 1.74. The zero-order chi connectivity index (χ0) is 13.7. The van der Waals surface area contributed by atoms with Gasteiger partial charge in [0.1, 0.15) is 10.8 Å². The normalized spacial score (nSPS) is 10.4. The lowest BCUT2D eigenvalue weighted by molar-refractivity contribution is 0.817. The predicted octanol–water partition coefficient (Wildman–Crippen LogP) is 2.97.